The number of carboxylic acid groups (broad SMARTS) is 1. The predicted octanol–water partition coefficient (Wildman–Crippen LogP) is 1.96. The summed E-state index contributed by atoms with van der Waals surface area (Å²) in [5, 5.41) is 11.5. The lowest BCUT2D eigenvalue weighted by Gasteiger charge is -2.12. The van der Waals surface area contributed by atoms with Crippen molar-refractivity contribution < 1.29 is 14.6 Å². The fourth-order valence-electron chi connectivity index (χ4n) is 2.02. The summed E-state index contributed by atoms with van der Waals surface area (Å²) in [6.07, 6.45) is 4.47. The van der Waals surface area contributed by atoms with Crippen LogP contribution in [0.4, 0.5) is 0 Å². The van der Waals surface area contributed by atoms with Gasteiger partial charge < -0.3 is 14.6 Å². The molecule has 0 spiro atoms. The van der Waals surface area contributed by atoms with Gasteiger partial charge in [0, 0.05) is 5.02 Å². The van der Waals surface area contributed by atoms with Crippen LogP contribution in [0.1, 0.15) is 31.2 Å². The van der Waals surface area contributed by atoms with Crippen LogP contribution in [0.2, 0.25) is 5.02 Å². The van der Waals surface area contributed by atoms with E-state index >= 15 is 0 Å². The van der Waals surface area contributed by atoms with Crippen molar-refractivity contribution in [3.8, 4) is 0 Å². The number of aliphatic carboxylic acids is 1. The molecule has 1 aromatic rings. The van der Waals surface area contributed by atoms with Gasteiger partial charge in [0.15, 0.2) is 0 Å². The number of carbonyl (C=O) groups excluding carboxylic acids is 1. The fourth-order valence-corrected chi connectivity index (χ4v) is 2.14. The number of aryl methyl sites for hydroxylation is 1. The van der Waals surface area contributed by atoms with Gasteiger partial charge in [-0.1, -0.05) is 36.6 Å². The zero-order valence-corrected chi connectivity index (χ0v) is 10.9. The van der Waals surface area contributed by atoms with Gasteiger partial charge in [-0.2, -0.15) is 0 Å². The Morgan fingerprint density at radius 2 is 1.94 bits per heavy atom. The van der Waals surface area contributed by atoms with Crippen LogP contribution >= 0.6 is 11.6 Å². The molecule has 0 unspecified atom stereocenters. The van der Waals surface area contributed by atoms with Crippen LogP contribution in [0, 0.1) is 0 Å². The van der Waals surface area contributed by atoms with Crippen LogP contribution in [-0.2, 0) is 16.0 Å². The molecular weight excluding hydrogens is 252 g/mol. The zero-order chi connectivity index (χ0) is 13.0. The maximum atomic E-state index is 10.8. The van der Waals surface area contributed by atoms with Crippen LogP contribution in [-0.4, -0.2) is 18.2 Å². The number of benzene rings is 1. The molecular formula is C14H16ClO3-. The van der Waals surface area contributed by atoms with Gasteiger partial charge in [0.1, 0.15) is 5.60 Å². The lowest BCUT2D eigenvalue weighted by molar-refractivity contribution is -0.312. The van der Waals surface area contributed by atoms with Crippen molar-refractivity contribution in [3.63, 3.8) is 0 Å². The molecule has 1 fully saturated rings. The summed E-state index contributed by atoms with van der Waals surface area (Å²) < 4.78 is 4.96. The lowest BCUT2D eigenvalue weighted by Crippen LogP contribution is -2.38. The summed E-state index contributed by atoms with van der Waals surface area (Å²) in [7, 11) is 0. The molecule has 0 aromatic heterocycles. The highest BCUT2D eigenvalue weighted by Crippen LogP contribution is 2.32. The van der Waals surface area contributed by atoms with E-state index in [2.05, 4.69) is 0 Å². The SMILES string of the molecule is O=C([O-])[C@]1(CCCCCc2ccc(Cl)cc2)CO1. The Labute approximate surface area is 112 Å². The smallest absolute Gasteiger partial charge is 0.131 e. The van der Waals surface area contributed by atoms with Crippen molar-refractivity contribution in [1.82, 2.24) is 0 Å². The van der Waals surface area contributed by atoms with Gasteiger partial charge >= 0.3 is 0 Å². The van der Waals surface area contributed by atoms with E-state index in [1.54, 1.807) is 0 Å². The molecule has 0 radical (unpaired) electrons. The summed E-state index contributed by atoms with van der Waals surface area (Å²) >= 11 is 5.81. The van der Waals surface area contributed by atoms with Crippen LogP contribution < -0.4 is 5.11 Å². The molecule has 4 heteroatoms. The average Bonchev–Trinajstić information content (AvgIpc) is 3.12. The van der Waals surface area contributed by atoms with E-state index in [1.165, 1.54) is 5.56 Å². The first-order valence-electron chi connectivity index (χ1n) is 6.22. The summed E-state index contributed by atoms with van der Waals surface area (Å²) in [5.41, 5.74) is 0.303. The van der Waals surface area contributed by atoms with Gasteiger partial charge in [0.05, 0.1) is 12.6 Å². The van der Waals surface area contributed by atoms with Gasteiger partial charge in [-0.3, -0.25) is 0 Å². The highest BCUT2D eigenvalue weighted by atomic mass is 35.5. The largest absolute Gasteiger partial charge is 0.547 e. The molecule has 0 saturated carbocycles. The minimum absolute atomic E-state index is 0.312. The zero-order valence-electron chi connectivity index (χ0n) is 10.2. The van der Waals surface area contributed by atoms with Crippen molar-refractivity contribution in [2.75, 3.05) is 6.61 Å². The number of unbranched alkanes of at least 4 members (excludes halogenated alkanes) is 2. The number of carboxylic acids is 1. The fraction of sp³-hybridized carbons (Fsp3) is 0.500. The monoisotopic (exact) mass is 267 g/mol. The minimum Gasteiger partial charge on any atom is -0.547 e. The number of rotatable bonds is 7. The molecule has 1 atom stereocenters. The van der Waals surface area contributed by atoms with Gasteiger partial charge in [-0.15, -0.1) is 0 Å². The highest BCUT2D eigenvalue weighted by molar-refractivity contribution is 6.30. The first kappa shape index (κ1) is 13.4. The standard InChI is InChI=1S/C14H17ClO3/c15-12-7-5-11(6-8-12)4-2-1-3-9-14(10-18-14)13(16)17/h5-8H,1-4,9-10H2,(H,16,17)/p-1/t14-/m0/s1. The number of epoxide rings is 1. The topological polar surface area (TPSA) is 52.7 Å². The van der Waals surface area contributed by atoms with E-state index in [-0.39, 0.29) is 0 Å². The molecule has 1 saturated heterocycles. The lowest BCUT2D eigenvalue weighted by atomic mass is 10.0. The molecule has 0 bridgehead atoms. The second kappa shape index (κ2) is 5.72. The molecule has 0 aliphatic carbocycles. The maximum absolute atomic E-state index is 10.8. The Kier molecular flexibility index (Phi) is 4.25. The van der Waals surface area contributed by atoms with Crippen LogP contribution in [0.15, 0.2) is 24.3 Å². The first-order valence-corrected chi connectivity index (χ1v) is 6.60. The van der Waals surface area contributed by atoms with E-state index in [9.17, 15) is 9.90 Å². The van der Waals surface area contributed by atoms with Gasteiger partial charge in [0.25, 0.3) is 0 Å². The van der Waals surface area contributed by atoms with Crippen LogP contribution in [0.5, 0.6) is 0 Å². The van der Waals surface area contributed by atoms with Crippen LogP contribution in [0.3, 0.4) is 0 Å². The summed E-state index contributed by atoms with van der Waals surface area (Å²) in [6, 6.07) is 7.82. The van der Waals surface area contributed by atoms with Crippen molar-refractivity contribution >= 4 is 17.6 Å². The normalized spacial score (nSPS) is 21.8. The average molecular weight is 268 g/mol. The van der Waals surface area contributed by atoms with Crippen molar-refractivity contribution in [2.24, 2.45) is 0 Å². The van der Waals surface area contributed by atoms with Crippen molar-refractivity contribution in [1.29, 1.82) is 0 Å². The third-order valence-corrected chi connectivity index (χ3v) is 3.58. The Morgan fingerprint density at radius 3 is 2.50 bits per heavy atom. The molecule has 1 aliphatic heterocycles. The Balaban J connectivity index is 1.62. The van der Waals surface area contributed by atoms with Gasteiger partial charge in [-0.05, 0) is 37.0 Å². The molecule has 98 valence electrons. The van der Waals surface area contributed by atoms with Crippen LogP contribution in [0.25, 0.3) is 0 Å². The number of hydrogen-bond donors (Lipinski definition) is 0. The molecule has 1 aliphatic rings. The molecule has 1 aromatic carbocycles. The molecule has 18 heavy (non-hydrogen) atoms. The number of carbonyl (C=O) groups is 1. The Hall–Kier alpha value is -1.06. The molecule has 2 rings (SSSR count). The number of halogens is 1. The molecule has 1 heterocycles. The third kappa shape index (κ3) is 3.47. The van der Waals surface area contributed by atoms with Crippen molar-refractivity contribution in [2.45, 2.75) is 37.7 Å². The highest BCUT2D eigenvalue weighted by Gasteiger charge is 2.45. The van der Waals surface area contributed by atoms with Gasteiger partial charge in [0.2, 0.25) is 0 Å². The maximum Gasteiger partial charge on any atom is 0.131 e. The summed E-state index contributed by atoms with van der Waals surface area (Å²) in [6.45, 7) is 0.312. The molecule has 0 amide bonds. The van der Waals surface area contributed by atoms with E-state index in [0.717, 1.165) is 30.7 Å². The summed E-state index contributed by atoms with van der Waals surface area (Å²) in [5.74, 6) is -1.07. The quantitative estimate of drug-likeness (QED) is 0.561. The molecule has 0 N–H and O–H groups in total. The van der Waals surface area contributed by atoms with E-state index in [4.69, 9.17) is 16.3 Å². The second-order valence-electron chi connectivity index (χ2n) is 4.76. The van der Waals surface area contributed by atoms with Gasteiger partial charge in [-0.25, -0.2) is 0 Å². The Morgan fingerprint density at radius 1 is 1.28 bits per heavy atom. The number of hydrogen-bond acceptors (Lipinski definition) is 3. The minimum atomic E-state index is -1.07. The Bertz CT molecular complexity index is 410. The van der Waals surface area contributed by atoms with E-state index in [0.29, 0.717) is 13.0 Å². The second-order valence-corrected chi connectivity index (χ2v) is 5.19. The van der Waals surface area contributed by atoms with E-state index < -0.39 is 11.6 Å². The number of ether oxygens (including phenoxy) is 1. The third-order valence-electron chi connectivity index (χ3n) is 3.32. The van der Waals surface area contributed by atoms with Crippen molar-refractivity contribution in [3.05, 3.63) is 34.9 Å². The molecule has 3 nitrogen and oxygen atoms in total. The van der Waals surface area contributed by atoms with E-state index in [1.807, 2.05) is 24.3 Å². The summed E-state index contributed by atoms with van der Waals surface area (Å²) in [4.78, 5) is 10.8. The predicted molar refractivity (Wildman–Crippen MR) is 67.3 cm³/mol. The first-order chi connectivity index (χ1) is 8.62.